The fourth-order valence-corrected chi connectivity index (χ4v) is 4.27. The molecule has 2 aromatic heterocycles. The van der Waals surface area contributed by atoms with Gasteiger partial charge in [0.25, 0.3) is 0 Å². The molecule has 0 aliphatic carbocycles. The lowest BCUT2D eigenvalue weighted by atomic mass is 9.87. The predicted molar refractivity (Wildman–Crippen MR) is 106 cm³/mol. The van der Waals surface area contributed by atoms with E-state index in [0.29, 0.717) is 25.7 Å². The average molecular weight is 368 g/mol. The summed E-state index contributed by atoms with van der Waals surface area (Å²) in [4.78, 5) is 5.87. The first-order chi connectivity index (χ1) is 13.2. The number of hydrogen-bond donors (Lipinski definition) is 2. The summed E-state index contributed by atoms with van der Waals surface area (Å²) in [6, 6.07) is 12.3. The van der Waals surface area contributed by atoms with Gasteiger partial charge in [0.1, 0.15) is 12.4 Å². The Morgan fingerprint density at radius 2 is 2.04 bits per heavy atom. The van der Waals surface area contributed by atoms with Gasteiger partial charge in [-0.3, -0.25) is 0 Å². The second-order valence-corrected chi connectivity index (χ2v) is 7.53. The molecule has 1 atom stereocenters. The maximum Gasteiger partial charge on any atom is 0.129 e. The summed E-state index contributed by atoms with van der Waals surface area (Å²) in [5, 5.41) is 11.6. The number of likely N-dealkylation sites (tertiary alicyclic amines) is 1. The van der Waals surface area contributed by atoms with Crippen LogP contribution in [-0.4, -0.2) is 47.3 Å². The lowest BCUT2D eigenvalue weighted by Gasteiger charge is -2.33. The molecule has 0 bridgehead atoms. The van der Waals surface area contributed by atoms with Gasteiger partial charge in [0.2, 0.25) is 0 Å². The number of benzene rings is 1. The molecule has 1 aliphatic rings. The summed E-state index contributed by atoms with van der Waals surface area (Å²) in [5.41, 5.74) is 4.00. The number of aromatic amines is 1. The molecule has 144 valence electrons. The number of para-hydroxylation sites is 1. The Morgan fingerprint density at radius 3 is 2.81 bits per heavy atom. The number of hydrogen-bond acceptors (Lipinski definition) is 4. The number of fused-ring (bicyclic) bond motifs is 1. The minimum absolute atomic E-state index is 0.336. The van der Waals surface area contributed by atoms with Crippen LogP contribution in [0, 0.1) is 6.92 Å². The quantitative estimate of drug-likeness (QED) is 0.665. The fraction of sp³-hybridized carbons (Fsp3) is 0.455. The number of furan rings is 1. The molecule has 3 aromatic rings. The normalized spacial score (nSPS) is 17.6. The third kappa shape index (κ3) is 4.26. The first-order valence-corrected chi connectivity index (χ1v) is 9.78. The van der Waals surface area contributed by atoms with E-state index in [1.54, 1.807) is 6.26 Å². The van der Waals surface area contributed by atoms with Crippen molar-refractivity contribution in [2.24, 2.45) is 0 Å². The number of ether oxygens (including phenoxy) is 1. The van der Waals surface area contributed by atoms with Crippen molar-refractivity contribution in [3.63, 3.8) is 0 Å². The Bertz CT molecular complexity index is 848. The number of aromatic nitrogens is 1. The van der Waals surface area contributed by atoms with Crippen molar-refractivity contribution in [3.05, 3.63) is 59.7 Å². The number of aliphatic hydroxyl groups is 1. The monoisotopic (exact) mass is 368 g/mol. The number of piperidine rings is 1. The molecular formula is C22H28N2O3. The molecule has 1 aliphatic heterocycles. The SMILES string of the molecule is Cc1[nH]c2ccccc2c1C1CCN(CC(O)COCc2ccco2)CC1. The van der Waals surface area contributed by atoms with Gasteiger partial charge in [-0.25, -0.2) is 0 Å². The summed E-state index contributed by atoms with van der Waals surface area (Å²) < 4.78 is 10.8. The summed E-state index contributed by atoms with van der Waals surface area (Å²) >= 11 is 0. The van der Waals surface area contributed by atoms with Crippen LogP contribution in [0.5, 0.6) is 0 Å². The molecule has 1 aromatic carbocycles. The number of β-amino-alcohol motifs (C(OH)–C–C–N with tert-alkyl or cyclic N) is 1. The smallest absolute Gasteiger partial charge is 0.129 e. The second kappa shape index (κ2) is 8.30. The van der Waals surface area contributed by atoms with E-state index in [1.807, 2.05) is 12.1 Å². The maximum absolute atomic E-state index is 10.3. The van der Waals surface area contributed by atoms with E-state index in [-0.39, 0.29) is 0 Å². The van der Waals surface area contributed by atoms with Gasteiger partial charge in [0.05, 0.1) is 19.0 Å². The van der Waals surface area contributed by atoms with Crippen LogP contribution in [0.2, 0.25) is 0 Å². The highest BCUT2D eigenvalue weighted by Crippen LogP contribution is 2.35. The standard InChI is InChI=1S/C22H28N2O3/c1-16-22(20-6-2-3-7-21(20)23-16)17-8-10-24(11-9-17)13-18(25)14-26-15-19-5-4-12-27-19/h2-7,12,17-18,23,25H,8-11,13-15H2,1H3. The van der Waals surface area contributed by atoms with Crippen molar-refractivity contribution >= 4 is 10.9 Å². The average Bonchev–Trinajstić information content (AvgIpc) is 3.29. The van der Waals surface area contributed by atoms with Gasteiger partial charge >= 0.3 is 0 Å². The maximum atomic E-state index is 10.3. The van der Waals surface area contributed by atoms with Crippen molar-refractivity contribution in [2.75, 3.05) is 26.2 Å². The zero-order valence-corrected chi connectivity index (χ0v) is 15.9. The van der Waals surface area contributed by atoms with Crippen LogP contribution in [0.4, 0.5) is 0 Å². The summed E-state index contributed by atoms with van der Waals surface area (Å²) in [7, 11) is 0. The molecule has 0 saturated carbocycles. The highest BCUT2D eigenvalue weighted by Gasteiger charge is 2.25. The Labute approximate surface area is 159 Å². The van der Waals surface area contributed by atoms with Crippen LogP contribution in [-0.2, 0) is 11.3 Å². The Morgan fingerprint density at radius 1 is 1.22 bits per heavy atom. The summed E-state index contributed by atoms with van der Waals surface area (Å²) in [6.07, 6.45) is 3.42. The zero-order valence-electron chi connectivity index (χ0n) is 15.9. The molecule has 1 unspecified atom stereocenters. The van der Waals surface area contributed by atoms with Gasteiger partial charge in [0.15, 0.2) is 0 Å². The molecule has 5 nitrogen and oxygen atoms in total. The van der Waals surface area contributed by atoms with Crippen LogP contribution in [0.25, 0.3) is 10.9 Å². The largest absolute Gasteiger partial charge is 0.467 e. The lowest BCUT2D eigenvalue weighted by Crippen LogP contribution is -2.39. The number of nitrogens with zero attached hydrogens (tertiary/aromatic N) is 1. The molecule has 1 saturated heterocycles. The number of H-pyrrole nitrogens is 1. The molecule has 5 heteroatoms. The summed E-state index contributed by atoms with van der Waals surface area (Å²) in [5.74, 6) is 1.38. The topological polar surface area (TPSA) is 61.6 Å². The number of nitrogens with one attached hydrogen (secondary N) is 1. The zero-order chi connectivity index (χ0) is 18.6. The van der Waals surface area contributed by atoms with E-state index in [4.69, 9.17) is 9.15 Å². The molecule has 3 heterocycles. The number of aliphatic hydroxyl groups excluding tert-OH is 1. The third-order valence-electron chi connectivity index (χ3n) is 5.54. The first-order valence-electron chi connectivity index (χ1n) is 9.78. The van der Waals surface area contributed by atoms with E-state index in [2.05, 4.69) is 41.1 Å². The van der Waals surface area contributed by atoms with Gasteiger partial charge in [-0.2, -0.15) is 0 Å². The van der Waals surface area contributed by atoms with E-state index < -0.39 is 6.10 Å². The van der Waals surface area contributed by atoms with Gasteiger partial charge in [-0.05, 0) is 62.5 Å². The highest BCUT2D eigenvalue weighted by atomic mass is 16.5. The van der Waals surface area contributed by atoms with Crippen molar-refractivity contribution < 1.29 is 14.3 Å². The van der Waals surface area contributed by atoms with Crippen LogP contribution in [0.1, 0.15) is 35.8 Å². The molecule has 1 fully saturated rings. The first kappa shape index (κ1) is 18.3. The molecule has 2 N–H and O–H groups in total. The molecule has 0 radical (unpaired) electrons. The molecule has 27 heavy (non-hydrogen) atoms. The Kier molecular flexibility index (Phi) is 5.62. The second-order valence-electron chi connectivity index (χ2n) is 7.53. The van der Waals surface area contributed by atoms with Gasteiger partial charge in [-0.1, -0.05) is 18.2 Å². The van der Waals surface area contributed by atoms with Crippen LogP contribution >= 0.6 is 0 Å². The highest BCUT2D eigenvalue weighted by molar-refractivity contribution is 5.85. The van der Waals surface area contributed by atoms with Crippen LogP contribution in [0.3, 0.4) is 0 Å². The van der Waals surface area contributed by atoms with Crippen molar-refractivity contribution in [3.8, 4) is 0 Å². The minimum atomic E-state index is -0.466. The lowest BCUT2D eigenvalue weighted by molar-refractivity contribution is 0.00175. The van der Waals surface area contributed by atoms with Gasteiger partial charge < -0.3 is 24.1 Å². The van der Waals surface area contributed by atoms with Crippen LogP contribution in [0.15, 0.2) is 47.1 Å². The number of rotatable bonds is 7. The van der Waals surface area contributed by atoms with E-state index >= 15 is 0 Å². The van der Waals surface area contributed by atoms with Gasteiger partial charge in [-0.15, -0.1) is 0 Å². The Balaban J connectivity index is 1.26. The Hall–Kier alpha value is -2.08. The van der Waals surface area contributed by atoms with E-state index in [0.717, 1.165) is 31.7 Å². The van der Waals surface area contributed by atoms with E-state index in [1.165, 1.54) is 22.2 Å². The number of aryl methyl sites for hydroxylation is 1. The fourth-order valence-electron chi connectivity index (χ4n) is 4.27. The van der Waals surface area contributed by atoms with Crippen molar-refractivity contribution in [1.29, 1.82) is 0 Å². The molecule has 0 spiro atoms. The van der Waals surface area contributed by atoms with E-state index in [9.17, 15) is 5.11 Å². The minimum Gasteiger partial charge on any atom is -0.467 e. The van der Waals surface area contributed by atoms with Crippen LogP contribution < -0.4 is 0 Å². The third-order valence-corrected chi connectivity index (χ3v) is 5.54. The molecular weight excluding hydrogens is 340 g/mol. The molecule has 0 amide bonds. The van der Waals surface area contributed by atoms with Crippen molar-refractivity contribution in [2.45, 2.75) is 38.4 Å². The van der Waals surface area contributed by atoms with Gasteiger partial charge in [0, 0.05) is 23.1 Å². The predicted octanol–water partition coefficient (Wildman–Crippen LogP) is 3.83. The van der Waals surface area contributed by atoms with Crippen molar-refractivity contribution in [1.82, 2.24) is 9.88 Å². The summed E-state index contributed by atoms with van der Waals surface area (Å²) in [6.45, 7) is 5.62. The molecule has 4 rings (SSSR count).